The van der Waals surface area contributed by atoms with E-state index in [4.69, 9.17) is 0 Å². The van der Waals surface area contributed by atoms with Crippen molar-refractivity contribution >= 4 is 11.8 Å². The molecule has 2 N–H and O–H groups in total. The van der Waals surface area contributed by atoms with Crippen molar-refractivity contribution < 1.29 is 9.59 Å². The predicted octanol–water partition coefficient (Wildman–Crippen LogP) is 1.25. The number of pyridine rings is 1. The van der Waals surface area contributed by atoms with Crippen molar-refractivity contribution in [3.63, 3.8) is 0 Å². The van der Waals surface area contributed by atoms with Crippen molar-refractivity contribution in [1.29, 1.82) is 0 Å². The van der Waals surface area contributed by atoms with Gasteiger partial charge >= 0.3 is 0 Å². The van der Waals surface area contributed by atoms with Crippen LogP contribution in [0.4, 0.5) is 0 Å². The van der Waals surface area contributed by atoms with Crippen LogP contribution in [0, 0.1) is 5.92 Å². The van der Waals surface area contributed by atoms with E-state index in [1.54, 1.807) is 12.4 Å². The molecule has 1 heterocycles. The van der Waals surface area contributed by atoms with Crippen LogP contribution in [-0.4, -0.2) is 23.3 Å². The summed E-state index contributed by atoms with van der Waals surface area (Å²) in [6.07, 6.45) is 4.94. The molecule has 0 radical (unpaired) electrons. The third kappa shape index (κ3) is 5.50. The lowest BCUT2D eigenvalue weighted by Crippen LogP contribution is -2.39. The van der Waals surface area contributed by atoms with E-state index in [0.717, 1.165) is 18.4 Å². The van der Waals surface area contributed by atoms with Gasteiger partial charge in [-0.3, -0.25) is 14.6 Å². The molecule has 1 aromatic rings. The van der Waals surface area contributed by atoms with E-state index in [0.29, 0.717) is 6.54 Å². The first kappa shape index (κ1) is 15.1. The predicted molar refractivity (Wildman–Crippen MR) is 73.2 cm³/mol. The maximum absolute atomic E-state index is 11.7. The Morgan fingerprint density at radius 1 is 1.16 bits per heavy atom. The van der Waals surface area contributed by atoms with Crippen molar-refractivity contribution in [2.45, 2.75) is 33.2 Å². The molecule has 104 valence electrons. The number of hydrogen-bond acceptors (Lipinski definition) is 3. The lowest BCUT2D eigenvalue weighted by molar-refractivity contribution is -0.128. The quantitative estimate of drug-likeness (QED) is 0.777. The van der Waals surface area contributed by atoms with Crippen LogP contribution in [-0.2, 0) is 16.1 Å². The fraction of sp³-hybridized carbons (Fsp3) is 0.500. The van der Waals surface area contributed by atoms with Gasteiger partial charge in [-0.2, -0.15) is 0 Å². The fourth-order valence-corrected chi connectivity index (χ4v) is 1.73. The second-order valence-electron chi connectivity index (χ2n) is 4.36. The second kappa shape index (κ2) is 8.24. The van der Waals surface area contributed by atoms with E-state index in [1.807, 2.05) is 26.0 Å². The van der Waals surface area contributed by atoms with Gasteiger partial charge in [0, 0.05) is 24.9 Å². The summed E-state index contributed by atoms with van der Waals surface area (Å²) in [5.41, 5.74) is 0.981. The molecule has 0 bridgehead atoms. The van der Waals surface area contributed by atoms with Crippen molar-refractivity contribution in [2.24, 2.45) is 5.92 Å². The molecule has 5 nitrogen and oxygen atoms in total. The lowest BCUT2D eigenvalue weighted by atomic mass is 10.0. The normalized spacial score (nSPS) is 10.3. The maximum Gasteiger partial charge on any atom is 0.239 e. The summed E-state index contributed by atoms with van der Waals surface area (Å²) >= 11 is 0. The van der Waals surface area contributed by atoms with Gasteiger partial charge in [0.2, 0.25) is 11.8 Å². The molecule has 0 unspecified atom stereocenters. The molecule has 0 aliphatic rings. The first-order valence-corrected chi connectivity index (χ1v) is 6.60. The zero-order valence-corrected chi connectivity index (χ0v) is 11.5. The number of nitrogens with one attached hydrogen (secondary N) is 2. The molecule has 0 aromatic carbocycles. The Morgan fingerprint density at radius 2 is 1.79 bits per heavy atom. The van der Waals surface area contributed by atoms with Crippen molar-refractivity contribution in [3.8, 4) is 0 Å². The highest BCUT2D eigenvalue weighted by molar-refractivity contribution is 5.85. The first-order chi connectivity index (χ1) is 9.17. The van der Waals surface area contributed by atoms with Crippen LogP contribution in [0.25, 0.3) is 0 Å². The molecular formula is C14H21N3O2. The highest BCUT2D eigenvalue weighted by Crippen LogP contribution is 2.06. The summed E-state index contributed by atoms with van der Waals surface area (Å²) in [6.45, 7) is 4.41. The molecule has 1 rings (SSSR count). The molecule has 0 spiro atoms. The number of rotatable bonds is 7. The molecule has 1 aromatic heterocycles. The monoisotopic (exact) mass is 263 g/mol. The van der Waals surface area contributed by atoms with Gasteiger partial charge in [0.1, 0.15) is 0 Å². The smallest absolute Gasteiger partial charge is 0.239 e. The average Bonchev–Trinajstić information content (AvgIpc) is 2.45. The number of aromatic nitrogens is 1. The van der Waals surface area contributed by atoms with Gasteiger partial charge in [0.15, 0.2) is 0 Å². The van der Waals surface area contributed by atoms with Crippen LogP contribution in [0.3, 0.4) is 0 Å². The number of hydrogen-bond donors (Lipinski definition) is 2. The minimum Gasteiger partial charge on any atom is -0.350 e. The second-order valence-corrected chi connectivity index (χ2v) is 4.36. The molecule has 2 amide bonds. The number of carbonyl (C=O) groups is 2. The van der Waals surface area contributed by atoms with E-state index in [-0.39, 0.29) is 24.3 Å². The molecule has 0 fully saturated rings. The summed E-state index contributed by atoms with van der Waals surface area (Å²) in [5.74, 6) is -0.242. The molecule has 0 aliphatic carbocycles. The van der Waals surface area contributed by atoms with Gasteiger partial charge in [-0.25, -0.2) is 0 Å². The summed E-state index contributed by atoms with van der Waals surface area (Å²) in [4.78, 5) is 27.2. The Labute approximate surface area is 113 Å². The number of nitrogens with zero attached hydrogens (tertiary/aromatic N) is 1. The van der Waals surface area contributed by atoms with Crippen molar-refractivity contribution in [2.75, 3.05) is 6.54 Å². The van der Waals surface area contributed by atoms with E-state index in [2.05, 4.69) is 15.6 Å². The molecular weight excluding hydrogens is 242 g/mol. The van der Waals surface area contributed by atoms with Crippen LogP contribution >= 0.6 is 0 Å². The van der Waals surface area contributed by atoms with Crippen LogP contribution in [0.1, 0.15) is 32.3 Å². The van der Waals surface area contributed by atoms with Gasteiger partial charge in [-0.05, 0) is 30.5 Å². The van der Waals surface area contributed by atoms with Crippen LogP contribution in [0.2, 0.25) is 0 Å². The molecule has 0 aliphatic heterocycles. The Balaban J connectivity index is 2.26. The van der Waals surface area contributed by atoms with Gasteiger partial charge in [0.05, 0.1) is 6.54 Å². The van der Waals surface area contributed by atoms with E-state index in [9.17, 15) is 9.59 Å². The largest absolute Gasteiger partial charge is 0.350 e. The van der Waals surface area contributed by atoms with Gasteiger partial charge in [-0.1, -0.05) is 13.8 Å². The molecule has 0 saturated heterocycles. The van der Waals surface area contributed by atoms with E-state index >= 15 is 0 Å². The summed E-state index contributed by atoms with van der Waals surface area (Å²) in [5, 5.41) is 5.41. The standard InChI is InChI=1S/C14H21N3O2/c1-3-12(4-2)14(19)17-10-13(18)16-9-11-5-7-15-8-6-11/h5-8,12H,3-4,9-10H2,1-2H3,(H,16,18)(H,17,19). The van der Waals surface area contributed by atoms with Crippen molar-refractivity contribution in [1.82, 2.24) is 15.6 Å². The first-order valence-electron chi connectivity index (χ1n) is 6.60. The minimum atomic E-state index is -0.184. The molecule has 0 atom stereocenters. The third-order valence-electron chi connectivity index (χ3n) is 3.02. The van der Waals surface area contributed by atoms with E-state index < -0.39 is 0 Å². The Bertz CT molecular complexity index is 402. The highest BCUT2D eigenvalue weighted by Gasteiger charge is 2.14. The van der Waals surface area contributed by atoms with Crippen LogP contribution in [0.5, 0.6) is 0 Å². The summed E-state index contributed by atoms with van der Waals surface area (Å²) in [6, 6.07) is 3.67. The summed E-state index contributed by atoms with van der Waals surface area (Å²) in [7, 11) is 0. The van der Waals surface area contributed by atoms with Crippen LogP contribution < -0.4 is 10.6 Å². The van der Waals surface area contributed by atoms with Gasteiger partial charge in [-0.15, -0.1) is 0 Å². The Morgan fingerprint density at radius 3 is 2.37 bits per heavy atom. The third-order valence-corrected chi connectivity index (χ3v) is 3.02. The SMILES string of the molecule is CCC(CC)C(=O)NCC(=O)NCc1ccncc1. The Kier molecular flexibility index (Phi) is 6.57. The fourth-order valence-electron chi connectivity index (χ4n) is 1.73. The van der Waals surface area contributed by atoms with Crippen molar-refractivity contribution in [3.05, 3.63) is 30.1 Å². The minimum absolute atomic E-state index is 0.00648. The van der Waals surface area contributed by atoms with E-state index in [1.165, 1.54) is 0 Å². The zero-order chi connectivity index (χ0) is 14.1. The highest BCUT2D eigenvalue weighted by atomic mass is 16.2. The molecule has 0 saturated carbocycles. The van der Waals surface area contributed by atoms with Gasteiger partial charge in [0.25, 0.3) is 0 Å². The van der Waals surface area contributed by atoms with Crippen LogP contribution in [0.15, 0.2) is 24.5 Å². The topological polar surface area (TPSA) is 71.1 Å². The average molecular weight is 263 g/mol. The maximum atomic E-state index is 11.7. The zero-order valence-electron chi connectivity index (χ0n) is 11.5. The summed E-state index contributed by atoms with van der Waals surface area (Å²) < 4.78 is 0. The van der Waals surface area contributed by atoms with Gasteiger partial charge < -0.3 is 10.6 Å². The molecule has 19 heavy (non-hydrogen) atoms. The molecule has 5 heteroatoms. The number of carbonyl (C=O) groups excluding carboxylic acids is 2. The lowest BCUT2D eigenvalue weighted by Gasteiger charge is -2.12. The number of amides is 2. The Hall–Kier alpha value is -1.91.